The zero-order valence-corrected chi connectivity index (χ0v) is 12.1. The van der Waals surface area contributed by atoms with Crippen molar-refractivity contribution in [3.63, 3.8) is 0 Å². The minimum atomic E-state index is -0.178. The van der Waals surface area contributed by atoms with E-state index in [0.717, 1.165) is 11.4 Å². The van der Waals surface area contributed by atoms with Gasteiger partial charge in [-0.05, 0) is 31.5 Å². The lowest BCUT2D eigenvalue weighted by atomic mass is 10.1. The number of nitrogens with zero attached hydrogens (tertiary/aromatic N) is 1. The van der Waals surface area contributed by atoms with E-state index in [0.29, 0.717) is 21.3 Å². The molecule has 19 heavy (non-hydrogen) atoms. The summed E-state index contributed by atoms with van der Waals surface area (Å²) in [5.74, 6) is -0.178. The number of hydrogen-bond donors (Lipinski definition) is 2. The summed E-state index contributed by atoms with van der Waals surface area (Å²) in [5.41, 5.74) is 2.89. The number of hydrogen-bond acceptors (Lipinski definition) is 2. The largest absolute Gasteiger partial charge is 0.323 e. The van der Waals surface area contributed by atoms with Crippen LogP contribution in [0.5, 0.6) is 0 Å². The molecule has 100 valence electrons. The average Bonchev–Trinajstić information content (AvgIpc) is 2.66. The number of aromatic nitrogens is 2. The van der Waals surface area contributed by atoms with E-state index in [1.807, 2.05) is 13.8 Å². The van der Waals surface area contributed by atoms with Gasteiger partial charge in [0.05, 0.1) is 23.5 Å². The smallest absolute Gasteiger partial charge is 0.229 e. The third-order valence-electron chi connectivity index (χ3n) is 2.79. The highest BCUT2D eigenvalue weighted by molar-refractivity contribution is 6.36. The Bertz CT molecular complexity index is 583. The van der Waals surface area contributed by atoms with E-state index in [9.17, 15) is 4.79 Å². The molecule has 0 saturated carbocycles. The van der Waals surface area contributed by atoms with Crippen LogP contribution in [0.15, 0.2) is 18.2 Å². The van der Waals surface area contributed by atoms with Crippen LogP contribution in [-0.2, 0) is 11.2 Å². The number of benzene rings is 1. The minimum Gasteiger partial charge on any atom is -0.323 e. The predicted molar refractivity (Wildman–Crippen MR) is 76.9 cm³/mol. The van der Waals surface area contributed by atoms with Crippen LogP contribution in [0.4, 0.5) is 5.69 Å². The molecule has 6 heteroatoms. The first-order valence-corrected chi connectivity index (χ1v) is 6.49. The molecule has 0 spiro atoms. The van der Waals surface area contributed by atoms with Crippen molar-refractivity contribution in [2.75, 3.05) is 5.32 Å². The molecule has 0 fully saturated rings. The Hall–Kier alpha value is -1.52. The number of carbonyl (C=O) groups is 1. The molecule has 2 aromatic rings. The van der Waals surface area contributed by atoms with Crippen molar-refractivity contribution in [2.45, 2.75) is 20.3 Å². The van der Waals surface area contributed by atoms with Crippen LogP contribution >= 0.6 is 23.2 Å². The van der Waals surface area contributed by atoms with Crippen molar-refractivity contribution in [1.29, 1.82) is 0 Å². The van der Waals surface area contributed by atoms with Gasteiger partial charge in [-0.3, -0.25) is 9.89 Å². The van der Waals surface area contributed by atoms with E-state index in [4.69, 9.17) is 23.2 Å². The number of anilines is 1. The van der Waals surface area contributed by atoms with Crippen LogP contribution in [0.2, 0.25) is 10.0 Å². The second-order valence-corrected chi connectivity index (χ2v) is 5.05. The monoisotopic (exact) mass is 297 g/mol. The Morgan fingerprint density at radius 2 is 1.95 bits per heavy atom. The molecule has 0 aliphatic rings. The van der Waals surface area contributed by atoms with Gasteiger partial charge in [-0.2, -0.15) is 5.10 Å². The summed E-state index contributed by atoms with van der Waals surface area (Å²) in [4.78, 5) is 12.0. The molecule has 0 bridgehead atoms. The normalized spacial score (nSPS) is 10.5. The van der Waals surface area contributed by atoms with Crippen LogP contribution in [0, 0.1) is 13.8 Å². The molecular weight excluding hydrogens is 285 g/mol. The highest BCUT2D eigenvalue weighted by Crippen LogP contribution is 2.25. The average molecular weight is 298 g/mol. The molecule has 0 unspecified atom stereocenters. The molecule has 0 aliphatic carbocycles. The molecule has 0 atom stereocenters. The fourth-order valence-electron chi connectivity index (χ4n) is 1.78. The molecule has 1 amide bonds. The lowest BCUT2D eigenvalue weighted by Gasteiger charge is -2.08. The summed E-state index contributed by atoms with van der Waals surface area (Å²) in [6.45, 7) is 3.67. The first-order valence-electron chi connectivity index (χ1n) is 5.73. The Balaban J connectivity index is 2.14. The Labute approximate surface area is 121 Å². The van der Waals surface area contributed by atoms with Crippen LogP contribution < -0.4 is 5.32 Å². The fraction of sp³-hybridized carbons (Fsp3) is 0.231. The SMILES string of the molecule is Cc1n[nH]c(C)c1NC(=O)Cc1c(Cl)cccc1Cl. The van der Waals surface area contributed by atoms with Gasteiger partial charge in [0.2, 0.25) is 5.91 Å². The number of halogens is 2. The molecule has 4 nitrogen and oxygen atoms in total. The minimum absolute atomic E-state index is 0.128. The number of rotatable bonds is 3. The Morgan fingerprint density at radius 3 is 2.47 bits per heavy atom. The van der Waals surface area contributed by atoms with E-state index in [1.54, 1.807) is 18.2 Å². The molecular formula is C13H13Cl2N3O. The third kappa shape index (κ3) is 3.08. The number of aryl methyl sites for hydroxylation is 2. The third-order valence-corrected chi connectivity index (χ3v) is 3.50. The number of aromatic amines is 1. The first-order chi connectivity index (χ1) is 8.99. The summed E-state index contributed by atoms with van der Waals surface area (Å²) in [6, 6.07) is 5.17. The zero-order valence-electron chi connectivity index (χ0n) is 10.6. The maximum atomic E-state index is 12.0. The van der Waals surface area contributed by atoms with Gasteiger partial charge in [0.1, 0.15) is 0 Å². The van der Waals surface area contributed by atoms with Gasteiger partial charge in [-0.1, -0.05) is 29.3 Å². The van der Waals surface area contributed by atoms with Gasteiger partial charge < -0.3 is 5.32 Å². The zero-order chi connectivity index (χ0) is 14.0. The van der Waals surface area contributed by atoms with Crippen LogP contribution in [0.1, 0.15) is 17.0 Å². The quantitative estimate of drug-likeness (QED) is 0.911. The highest BCUT2D eigenvalue weighted by atomic mass is 35.5. The predicted octanol–water partition coefficient (Wildman–Crippen LogP) is 3.51. The summed E-state index contributed by atoms with van der Waals surface area (Å²) in [7, 11) is 0. The molecule has 1 aromatic carbocycles. The molecule has 0 saturated heterocycles. The highest BCUT2D eigenvalue weighted by Gasteiger charge is 2.14. The van der Waals surface area contributed by atoms with Crippen LogP contribution in [0.25, 0.3) is 0 Å². The van der Waals surface area contributed by atoms with E-state index >= 15 is 0 Å². The molecule has 2 rings (SSSR count). The molecule has 0 radical (unpaired) electrons. The Kier molecular flexibility index (Phi) is 4.12. The van der Waals surface area contributed by atoms with Crippen molar-refractivity contribution in [3.8, 4) is 0 Å². The van der Waals surface area contributed by atoms with Crippen LogP contribution in [0.3, 0.4) is 0 Å². The van der Waals surface area contributed by atoms with E-state index in [2.05, 4.69) is 15.5 Å². The van der Waals surface area contributed by atoms with Crippen molar-refractivity contribution in [1.82, 2.24) is 10.2 Å². The van der Waals surface area contributed by atoms with Gasteiger partial charge >= 0.3 is 0 Å². The van der Waals surface area contributed by atoms with E-state index < -0.39 is 0 Å². The van der Waals surface area contributed by atoms with Gasteiger partial charge in [-0.25, -0.2) is 0 Å². The van der Waals surface area contributed by atoms with Gasteiger partial charge in [0.25, 0.3) is 0 Å². The molecule has 0 aliphatic heterocycles. The second-order valence-electron chi connectivity index (χ2n) is 4.23. The maximum absolute atomic E-state index is 12.0. The lowest BCUT2D eigenvalue weighted by molar-refractivity contribution is -0.115. The lowest BCUT2D eigenvalue weighted by Crippen LogP contribution is -2.15. The summed E-state index contributed by atoms with van der Waals surface area (Å²) < 4.78 is 0. The van der Waals surface area contributed by atoms with Crippen molar-refractivity contribution < 1.29 is 4.79 Å². The summed E-state index contributed by atoms with van der Waals surface area (Å²) in [6.07, 6.45) is 0.128. The first kappa shape index (κ1) is 13.9. The van der Waals surface area contributed by atoms with Gasteiger partial charge in [0, 0.05) is 10.0 Å². The number of amides is 1. The van der Waals surface area contributed by atoms with Crippen molar-refractivity contribution in [3.05, 3.63) is 45.2 Å². The Morgan fingerprint density at radius 1 is 1.32 bits per heavy atom. The van der Waals surface area contributed by atoms with E-state index in [1.165, 1.54) is 0 Å². The molecule has 1 aromatic heterocycles. The number of carbonyl (C=O) groups excluding carboxylic acids is 1. The van der Waals surface area contributed by atoms with Crippen molar-refractivity contribution >= 4 is 34.8 Å². The number of H-pyrrole nitrogens is 1. The van der Waals surface area contributed by atoms with Crippen LogP contribution in [-0.4, -0.2) is 16.1 Å². The topological polar surface area (TPSA) is 57.8 Å². The van der Waals surface area contributed by atoms with Gasteiger partial charge in [0.15, 0.2) is 0 Å². The van der Waals surface area contributed by atoms with Crippen molar-refractivity contribution in [2.24, 2.45) is 0 Å². The fourth-order valence-corrected chi connectivity index (χ4v) is 2.31. The molecule has 1 heterocycles. The standard InChI is InChI=1S/C13H13Cl2N3O/c1-7-13(8(2)18-17-7)16-12(19)6-9-10(14)4-3-5-11(9)15/h3-5H,6H2,1-2H3,(H,16,19)(H,17,18). The van der Waals surface area contributed by atoms with E-state index in [-0.39, 0.29) is 12.3 Å². The summed E-state index contributed by atoms with van der Waals surface area (Å²) >= 11 is 12.1. The summed E-state index contributed by atoms with van der Waals surface area (Å²) in [5, 5.41) is 10.6. The molecule has 2 N–H and O–H groups in total. The van der Waals surface area contributed by atoms with Gasteiger partial charge in [-0.15, -0.1) is 0 Å². The maximum Gasteiger partial charge on any atom is 0.229 e. The second kappa shape index (κ2) is 5.63. The number of nitrogens with one attached hydrogen (secondary N) is 2.